The normalized spacial score (nSPS) is 19.5. The summed E-state index contributed by atoms with van der Waals surface area (Å²) in [7, 11) is 1.69. The third-order valence-electron chi connectivity index (χ3n) is 5.62. The van der Waals surface area contributed by atoms with Gasteiger partial charge in [-0.25, -0.2) is 0 Å². The first-order valence-electron chi connectivity index (χ1n) is 10.7. The van der Waals surface area contributed by atoms with Crippen LogP contribution in [-0.4, -0.2) is 18.7 Å². The molecule has 31 heavy (non-hydrogen) atoms. The molecule has 158 valence electrons. The monoisotopic (exact) mass is 414 g/mol. The average molecular weight is 415 g/mol. The molecule has 0 fully saturated rings. The number of hydrogen-bond donors (Lipinski definition) is 1. The predicted molar refractivity (Wildman–Crippen MR) is 121 cm³/mol. The Kier molecular flexibility index (Phi) is 5.26. The van der Waals surface area contributed by atoms with Gasteiger partial charge in [-0.1, -0.05) is 49.4 Å². The number of fused-ring (bicyclic) bond motifs is 3. The van der Waals surface area contributed by atoms with Crippen molar-refractivity contribution < 1.29 is 14.2 Å². The van der Waals surface area contributed by atoms with Gasteiger partial charge in [0.15, 0.2) is 6.23 Å². The van der Waals surface area contributed by atoms with E-state index in [1.54, 1.807) is 7.11 Å². The van der Waals surface area contributed by atoms with Crippen molar-refractivity contribution in [2.45, 2.75) is 25.6 Å². The van der Waals surface area contributed by atoms with Crippen molar-refractivity contribution in [3.05, 3.63) is 95.6 Å². The second-order valence-corrected chi connectivity index (χ2v) is 7.70. The SMILES string of the molecule is CCCOc1ccc([C@@H]2Oc3ccc(OC)cc3[C@@H]3C=C(c4ccccc4)NN32)cc1. The highest BCUT2D eigenvalue weighted by Gasteiger charge is 2.40. The molecule has 1 N–H and O–H groups in total. The molecule has 0 unspecified atom stereocenters. The lowest BCUT2D eigenvalue weighted by Gasteiger charge is -2.39. The van der Waals surface area contributed by atoms with E-state index in [1.807, 2.05) is 30.3 Å². The van der Waals surface area contributed by atoms with Crippen molar-refractivity contribution in [1.82, 2.24) is 10.4 Å². The van der Waals surface area contributed by atoms with Crippen LogP contribution in [0.3, 0.4) is 0 Å². The van der Waals surface area contributed by atoms with E-state index in [1.165, 1.54) is 0 Å². The molecular weight excluding hydrogens is 388 g/mol. The lowest BCUT2D eigenvalue weighted by Crippen LogP contribution is -2.43. The zero-order valence-electron chi connectivity index (χ0n) is 17.7. The van der Waals surface area contributed by atoms with Crippen LogP contribution in [0.2, 0.25) is 0 Å². The standard InChI is InChI=1S/C26H26N2O3/c1-3-15-30-20-11-9-19(10-12-20)26-28-24(17-23(27-28)18-7-5-4-6-8-18)22-16-21(29-2)13-14-25(22)31-26/h4-14,16-17,24,26-27H,3,15H2,1-2H3/t24-,26-/m0/s1. The van der Waals surface area contributed by atoms with Gasteiger partial charge in [0, 0.05) is 11.1 Å². The number of hydrazine groups is 1. The Morgan fingerprint density at radius 1 is 0.968 bits per heavy atom. The molecule has 5 nitrogen and oxygen atoms in total. The Labute approximate surface area is 182 Å². The lowest BCUT2D eigenvalue weighted by molar-refractivity contribution is -0.0327. The minimum Gasteiger partial charge on any atom is -0.497 e. The van der Waals surface area contributed by atoms with Crippen LogP contribution in [0, 0.1) is 0 Å². The number of methoxy groups -OCH3 is 1. The van der Waals surface area contributed by atoms with Gasteiger partial charge >= 0.3 is 0 Å². The summed E-state index contributed by atoms with van der Waals surface area (Å²) in [6.07, 6.45) is 2.96. The Morgan fingerprint density at radius 3 is 2.48 bits per heavy atom. The third-order valence-corrected chi connectivity index (χ3v) is 5.62. The van der Waals surface area contributed by atoms with Gasteiger partial charge in [-0.15, -0.1) is 0 Å². The summed E-state index contributed by atoms with van der Waals surface area (Å²) in [5.74, 6) is 2.56. The van der Waals surface area contributed by atoms with E-state index in [9.17, 15) is 0 Å². The molecule has 3 aromatic carbocycles. The van der Waals surface area contributed by atoms with E-state index in [0.717, 1.165) is 46.1 Å². The Morgan fingerprint density at radius 2 is 1.74 bits per heavy atom. The molecule has 3 aromatic rings. The molecule has 0 saturated heterocycles. The molecule has 0 saturated carbocycles. The number of hydrogen-bond acceptors (Lipinski definition) is 5. The fraction of sp³-hybridized carbons (Fsp3) is 0.231. The first kappa shape index (κ1) is 19.5. The minimum atomic E-state index is -0.274. The Balaban J connectivity index is 1.51. The number of rotatable bonds is 6. The fourth-order valence-electron chi connectivity index (χ4n) is 4.05. The largest absolute Gasteiger partial charge is 0.497 e. The molecule has 0 radical (unpaired) electrons. The van der Waals surface area contributed by atoms with Crippen LogP contribution in [0.1, 0.15) is 42.3 Å². The van der Waals surface area contributed by atoms with Crippen molar-refractivity contribution in [3.63, 3.8) is 0 Å². The Hall–Kier alpha value is -3.44. The topological polar surface area (TPSA) is 43.0 Å². The quantitative estimate of drug-likeness (QED) is 0.579. The van der Waals surface area contributed by atoms with Gasteiger partial charge in [0.2, 0.25) is 0 Å². The van der Waals surface area contributed by atoms with Crippen LogP contribution < -0.4 is 19.6 Å². The van der Waals surface area contributed by atoms with Gasteiger partial charge in [0.05, 0.1) is 25.5 Å². The zero-order valence-corrected chi connectivity index (χ0v) is 17.7. The summed E-state index contributed by atoms with van der Waals surface area (Å²) in [5.41, 5.74) is 7.93. The van der Waals surface area contributed by atoms with Crippen LogP contribution in [-0.2, 0) is 0 Å². The van der Waals surface area contributed by atoms with Crippen LogP contribution >= 0.6 is 0 Å². The highest BCUT2D eigenvalue weighted by molar-refractivity contribution is 5.67. The van der Waals surface area contributed by atoms with Crippen LogP contribution in [0.4, 0.5) is 0 Å². The molecule has 0 amide bonds. The van der Waals surface area contributed by atoms with Gasteiger partial charge < -0.3 is 19.6 Å². The predicted octanol–water partition coefficient (Wildman–Crippen LogP) is 5.48. The van der Waals surface area contributed by atoms with Crippen LogP contribution in [0.25, 0.3) is 5.70 Å². The fourth-order valence-corrected chi connectivity index (χ4v) is 4.05. The van der Waals surface area contributed by atoms with E-state index in [4.69, 9.17) is 14.2 Å². The van der Waals surface area contributed by atoms with Crippen molar-refractivity contribution in [3.8, 4) is 17.2 Å². The molecule has 5 rings (SSSR count). The number of ether oxygens (including phenoxy) is 3. The third kappa shape index (κ3) is 3.73. The van der Waals surface area contributed by atoms with Crippen molar-refractivity contribution in [1.29, 1.82) is 0 Å². The maximum absolute atomic E-state index is 6.47. The second-order valence-electron chi connectivity index (χ2n) is 7.70. The van der Waals surface area contributed by atoms with E-state index in [-0.39, 0.29) is 12.3 Å². The first-order valence-corrected chi connectivity index (χ1v) is 10.7. The second kappa shape index (κ2) is 8.36. The zero-order chi connectivity index (χ0) is 21.2. The summed E-state index contributed by atoms with van der Waals surface area (Å²) in [6, 6.07) is 24.5. The van der Waals surface area contributed by atoms with E-state index in [2.05, 4.69) is 65.9 Å². The molecule has 0 aromatic heterocycles. The molecule has 0 bridgehead atoms. The van der Waals surface area contributed by atoms with Gasteiger partial charge in [0.25, 0.3) is 0 Å². The minimum absolute atomic E-state index is 0.0232. The van der Waals surface area contributed by atoms with Crippen molar-refractivity contribution in [2.75, 3.05) is 13.7 Å². The molecule has 2 heterocycles. The summed E-state index contributed by atoms with van der Waals surface area (Å²) >= 11 is 0. The summed E-state index contributed by atoms with van der Waals surface area (Å²) < 4.78 is 17.7. The molecular formula is C26H26N2O3. The van der Waals surface area contributed by atoms with Crippen LogP contribution in [0.5, 0.6) is 17.2 Å². The smallest absolute Gasteiger partial charge is 0.195 e. The number of benzene rings is 3. The number of nitrogens with zero attached hydrogens (tertiary/aromatic N) is 1. The van der Waals surface area contributed by atoms with Gasteiger partial charge in [0.1, 0.15) is 17.2 Å². The van der Waals surface area contributed by atoms with E-state index >= 15 is 0 Å². The first-order chi connectivity index (χ1) is 15.3. The lowest BCUT2D eigenvalue weighted by atomic mass is 10.0. The average Bonchev–Trinajstić information content (AvgIpc) is 3.29. The molecule has 2 aliphatic rings. The summed E-state index contributed by atoms with van der Waals surface area (Å²) in [5, 5.41) is 2.16. The van der Waals surface area contributed by atoms with Gasteiger partial charge in [-0.2, -0.15) is 5.01 Å². The van der Waals surface area contributed by atoms with Crippen molar-refractivity contribution in [2.24, 2.45) is 0 Å². The van der Waals surface area contributed by atoms with E-state index < -0.39 is 0 Å². The van der Waals surface area contributed by atoms with Gasteiger partial charge in [-0.05, 0) is 48.4 Å². The maximum Gasteiger partial charge on any atom is 0.195 e. The molecule has 2 atom stereocenters. The molecule has 5 heteroatoms. The highest BCUT2D eigenvalue weighted by atomic mass is 16.5. The maximum atomic E-state index is 6.47. The summed E-state index contributed by atoms with van der Waals surface area (Å²) in [4.78, 5) is 0. The van der Waals surface area contributed by atoms with Crippen LogP contribution in [0.15, 0.2) is 78.9 Å². The molecule has 0 aliphatic carbocycles. The Bertz CT molecular complexity index is 1080. The molecule has 0 spiro atoms. The van der Waals surface area contributed by atoms with Gasteiger partial charge in [-0.3, -0.25) is 0 Å². The van der Waals surface area contributed by atoms with Crippen molar-refractivity contribution >= 4 is 5.70 Å². The molecule has 2 aliphatic heterocycles. The highest BCUT2D eigenvalue weighted by Crippen LogP contribution is 2.47. The number of nitrogens with one attached hydrogen (secondary N) is 1. The van der Waals surface area contributed by atoms with E-state index in [0.29, 0.717) is 6.61 Å². The summed E-state index contributed by atoms with van der Waals surface area (Å²) in [6.45, 7) is 2.82.